The summed E-state index contributed by atoms with van der Waals surface area (Å²) in [6.07, 6.45) is 0. The predicted octanol–water partition coefficient (Wildman–Crippen LogP) is -0.0645. The van der Waals surface area contributed by atoms with Crippen molar-refractivity contribution < 1.29 is 51.6 Å². The van der Waals surface area contributed by atoms with Gasteiger partial charge in [-0.15, -0.1) is 0 Å². The van der Waals surface area contributed by atoms with Crippen molar-refractivity contribution in [3.63, 3.8) is 0 Å². The summed E-state index contributed by atoms with van der Waals surface area (Å²) in [4.78, 5) is 19.6. The Labute approximate surface area is 92.8 Å². The van der Waals surface area contributed by atoms with E-state index < -0.39 is 7.82 Å². The molecule has 0 fully saturated rings. The van der Waals surface area contributed by atoms with Gasteiger partial charge in [0, 0.05) is 32.7 Å². The van der Waals surface area contributed by atoms with Crippen LogP contribution in [-0.4, -0.2) is 6.61 Å². The summed E-state index contributed by atoms with van der Waals surface area (Å²) in [6.45, 7) is 3.50. The van der Waals surface area contributed by atoms with Crippen molar-refractivity contribution in [2.75, 3.05) is 6.61 Å². The van der Waals surface area contributed by atoms with Gasteiger partial charge in [0.15, 0.2) is 0 Å². The second-order valence-corrected chi connectivity index (χ2v) is 3.29. The molecule has 67 valence electrons. The zero-order chi connectivity index (χ0) is 7.49. The Morgan fingerprint density at radius 3 is 1.91 bits per heavy atom. The minimum absolute atomic E-state index is 0. The Morgan fingerprint density at radius 1 is 1.45 bits per heavy atom. The standard InChI is InChI=1S/C4H11O4P.CH3.Y/c1-4(2)3-8-9(5,6)7;;/h4H,3H2,1-2H3,(H2,5,6,7);1H3;/q;-1;/p-2. The number of rotatable bonds is 3. The van der Waals surface area contributed by atoms with Crippen LogP contribution >= 0.6 is 7.82 Å². The van der Waals surface area contributed by atoms with E-state index in [1.54, 1.807) is 13.8 Å². The summed E-state index contributed by atoms with van der Waals surface area (Å²) in [5, 5.41) is 0. The molecule has 0 unspecified atom stereocenters. The average Bonchev–Trinajstić information content (AvgIpc) is 1.59. The molecule has 0 aromatic carbocycles. The topological polar surface area (TPSA) is 72.4 Å². The Balaban J connectivity index is -0.000000320. The fraction of sp³-hybridized carbons (Fsp3) is 0.800. The van der Waals surface area contributed by atoms with E-state index in [0.29, 0.717) is 0 Å². The summed E-state index contributed by atoms with van der Waals surface area (Å²) in [5.74, 6) is 0.0706. The first-order chi connectivity index (χ1) is 3.92. The van der Waals surface area contributed by atoms with Gasteiger partial charge in [0.1, 0.15) is 0 Å². The Hall–Kier alpha value is 1.21. The average molecular weight is 256 g/mol. The van der Waals surface area contributed by atoms with Crippen molar-refractivity contribution in [3.8, 4) is 0 Å². The van der Waals surface area contributed by atoms with Crippen molar-refractivity contribution >= 4 is 7.82 Å². The van der Waals surface area contributed by atoms with Crippen LogP contribution in [0.2, 0.25) is 0 Å². The number of phosphoric acid groups is 1. The molecule has 0 aliphatic heterocycles. The molecule has 4 nitrogen and oxygen atoms in total. The van der Waals surface area contributed by atoms with Crippen LogP contribution in [0.15, 0.2) is 0 Å². The zero-order valence-electron chi connectivity index (χ0n) is 6.94. The van der Waals surface area contributed by atoms with Crippen LogP contribution in [-0.2, 0) is 41.8 Å². The first kappa shape index (κ1) is 18.1. The second-order valence-electron chi connectivity index (χ2n) is 2.14. The predicted molar refractivity (Wildman–Crippen MR) is 34.8 cm³/mol. The van der Waals surface area contributed by atoms with Gasteiger partial charge in [-0.25, -0.2) is 0 Å². The van der Waals surface area contributed by atoms with E-state index in [1.165, 1.54) is 0 Å². The first-order valence-electron chi connectivity index (χ1n) is 2.58. The van der Waals surface area contributed by atoms with Crippen molar-refractivity contribution in [1.29, 1.82) is 0 Å². The maximum Gasteiger partial charge on any atom is 0.0596 e. The molecule has 0 aromatic rings. The van der Waals surface area contributed by atoms with Gasteiger partial charge < -0.3 is 26.3 Å². The molecule has 0 saturated heterocycles. The largest absolute Gasteiger partial charge is 0.790 e. The number of hydrogen-bond donors (Lipinski definition) is 0. The summed E-state index contributed by atoms with van der Waals surface area (Å²) in [7, 11) is -4.72. The SMILES string of the molecule is CC(C)COP(=O)([O-])[O-].[CH3-].[Y]. The number of phosphoric ester groups is 1. The van der Waals surface area contributed by atoms with Crippen LogP contribution < -0.4 is 9.79 Å². The van der Waals surface area contributed by atoms with Gasteiger partial charge in [-0.1, -0.05) is 13.8 Å². The summed E-state index contributed by atoms with van der Waals surface area (Å²) < 4.78 is 13.7. The second kappa shape index (κ2) is 7.84. The minimum Gasteiger partial charge on any atom is -0.790 e. The minimum atomic E-state index is -4.72. The summed E-state index contributed by atoms with van der Waals surface area (Å²) in [6, 6.07) is 0. The van der Waals surface area contributed by atoms with Crippen LogP contribution in [0.3, 0.4) is 0 Å². The third-order valence-electron chi connectivity index (χ3n) is 0.566. The maximum absolute atomic E-state index is 9.79. The first-order valence-corrected chi connectivity index (χ1v) is 4.04. The molecule has 0 rings (SSSR count). The molecule has 1 radical (unpaired) electrons. The smallest absolute Gasteiger partial charge is 0.0596 e. The molecule has 0 aromatic heterocycles. The van der Waals surface area contributed by atoms with Gasteiger partial charge in [-0.3, -0.25) is 0 Å². The molecule has 0 N–H and O–H groups in total. The van der Waals surface area contributed by atoms with Crippen molar-refractivity contribution in [3.05, 3.63) is 7.43 Å². The molecule has 6 heteroatoms. The molecule has 0 spiro atoms. The summed E-state index contributed by atoms with van der Waals surface area (Å²) in [5.41, 5.74) is 0. The fourth-order valence-corrected chi connectivity index (χ4v) is 0.721. The van der Waals surface area contributed by atoms with Crippen LogP contribution in [0.4, 0.5) is 0 Å². The van der Waals surface area contributed by atoms with Crippen molar-refractivity contribution in [1.82, 2.24) is 0 Å². The van der Waals surface area contributed by atoms with E-state index in [9.17, 15) is 14.4 Å². The fourth-order valence-electron chi connectivity index (χ4n) is 0.240. The molecule has 0 bridgehead atoms. The van der Waals surface area contributed by atoms with E-state index in [2.05, 4.69) is 4.52 Å². The Kier molecular flexibility index (Phi) is 12.9. The molecule has 0 heterocycles. The number of hydrogen-bond acceptors (Lipinski definition) is 4. The third kappa shape index (κ3) is 18.3. The maximum atomic E-state index is 9.79. The zero-order valence-corrected chi connectivity index (χ0v) is 10.7. The van der Waals surface area contributed by atoms with Crippen LogP contribution in [0.5, 0.6) is 0 Å². The molecule has 0 atom stereocenters. The Bertz CT molecular complexity index is 122. The van der Waals surface area contributed by atoms with Crippen LogP contribution in [0.25, 0.3) is 0 Å². The van der Waals surface area contributed by atoms with Gasteiger partial charge in [-0.2, -0.15) is 0 Å². The van der Waals surface area contributed by atoms with Gasteiger partial charge >= 0.3 is 0 Å². The van der Waals surface area contributed by atoms with E-state index in [0.717, 1.165) is 0 Å². The molecule has 11 heavy (non-hydrogen) atoms. The van der Waals surface area contributed by atoms with Crippen molar-refractivity contribution in [2.24, 2.45) is 5.92 Å². The van der Waals surface area contributed by atoms with Gasteiger partial charge in [-0.05, 0) is 5.92 Å². The quantitative estimate of drug-likeness (QED) is 0.523. The molecule has 0 aliphatic carbocycles. The van der Waals surface area contributed by atoms with Crippen molar-refractivity contribution in [2.45, 2.75) is 13.8 Å². The van der Waals surface area contributed by atoms with Gasteiger partial charge in [0.05, 0.1) is 14.4 Å². The normalized spacial score (nSPS) is 10.3. The molecule has 0 saturated carbocycles. The van der Waals surface area contributed by atoms with Crippen LogP contribution in [0.1, 0.15) is 13.8 Å². The van der Waals surface area contributed by atoms with Gasteiger partial charge in [0.2, 0.25) is 0 Å². The van der Waals surface area contributed by atoms with Crippen LogP contribution in [0, 0.1) is 13.3 Å². The van der Waals surface area contributed by atoms with E-state index in [1.807, 2.05) is 0 Å². The van der Waals surface area contributed by atoms with Gasteiger partial charge in [0.25, 0.3) is 0 Å². The monoisotopic (exact) mass is 256 g/mol. The molecular weight excluding hydrogens is 244 g/mol. The Morgan fingerprint density at radius 2 is 1.82 bits per heavy atom. The summed E-state index contributed by atoms with van der Waals surface area (Å²) >= 11 is 0. The van der Waals surface area contributed by atoms with E-state index in [-0.39, 0.29) is 52.7 Å². The molecular formula is C5H12O4PY-3. The van der Waals surface area contributed by atoms with E-state index >= 15 is 0 Å². The molecule has 0 aliphatic rings. The molecule has 0 amide bonds. The van der Waals surface area contributed by atoms with E-state index in [4.69, 9.17) is 0 Å². The third-order valence-corrected chi connectivity index (χ3v) is 1.03.